The quantitative estimate of drug-likeness (QED) is 0.743. The first kappa shape index (κ1) is 20.3. The van der Waals surface area contributed by atoms with Crippen molar-refractivity contribution in [3.8, 4) is 17.2 Å². The Hall–Kier alpha value is -1.99. The zero-order valence-corrected chi connectivity index (χ0v) is 17.0. The van der Waals surface area contributed by atoms with Crippen LogP contribution in [0.4, 0.5) is 0 Å². The molecule has 0 saturated carbocycles. The third-order valence-corrected chi connectivity index (χ3v) is 5.66. The fourth-order valence-corrected chi connectivity index (χ4v) is 4.15. The summed E-state index contributed by atoms with van der Waals surface area (Å²) in [6, 6.07) is 9.85. The van der Waals surface area contributed by atoms with Crippen molar-refractivity contribution in [1.29, 1.82) is 0 Å². The molecule has 0 spiro atoms. The van der Waals surface area contributed by atoms with Gasteiger partial charge in [0.15, 0.2) is 11.5 Å². The summed E-state index contributed by atoms with van der Waals surface area (Å²) in [6.07, 6.45) is 0.0900. The molecule has 4 rings (SSSR count). The van der Waals surface area contributed by atoms with Gasteiger partial charge in [0.25, 0.3) is 0 Å². The maximum Gasteiger partial charge on any atom is 0.231 e. The molecule has 0 aliphatic carbocycles. The molecular formula is C22H25ClO6. The standard InChI is InChI=1S/C22H25ClO6/c1-2-26-16-5-3-13(4-6-16)7-14-8-18(21-22(20(14)23)28-12-27-21)19-10-15(25)9-17(11-24)29-19/h3-6,8,15,17,19,24-25H,2,7,9-12H2,1H3. The monoisotopic (exact) mass is 420 g/mol. The minimum atomic E-state index is -0.547. The molecule has 156 valence electrons. The largest absolute Gasteiger partial charge is 0.494 e. The first-order valence-electron chi connectivity index (χ1n) is 9.86. The summed E-state index contributed by atoms with van der Waals surface area (Å²) in [4.78, 5) is 0. The molecule has 7 heteroatoms. The molecule has 3 atom stereocenters. The fraction of sp³-hybridized carbons (Fsp3) is 0.455. The van der Waals surface area contributed by atoms with E-state index in [1.807, 2.05) is 37.3 Å². The molecular weight excluding hydrogens is 396 g/mol. The summed E-state index contributed by atoms with van der Waals surface area (Å²) in [7, 11) is 0. The van der Waals surface area contributed by atoms with Crippen LogP contribution in [0.3, 0.4) is 0 Å². The first-order valence-corrected chi connectivity index (χ1v) is 10.2. The van der Waals surface area contributed by atoms with Gasteiger partial charge >= 0.3 is 0 Å². The number of hydrogen-bond donors (Lipinski definition) is 2. The average Bonchev–Trinajstić information content (AvgIpc) is 3.21. The molecule has 0 bridgehead atoms. The Morgan fingerprint density at radius 3 is 2.62 bits per heavy atom. The van der Waals surface area contributed by atoms with Gasteiger partial charge in [0.05, 0.1) is 36.5 Å². The van der Waals surface area contributed by atoms with E-state index in [9.17, 15) is 10.2 Å². The minimum absolute atomic E-state index is 0.0905. The lowest BCUT2D eigenvalue weighted by molar-refractivity contribution is -0.114. The van der Waals surface area contributed by atoms with Crippen molar-refractivity contribution in [1.82, 2.24) is 0 Å². The second kappa shape index (κ2) is 8.79. The summed E-state index contributed by atoms with van der Waals surface area (Å²) >= 11 is 6.62. The van der Waals surface area contributed by atoms with Crippen molar-refractivity contribution in [3.05, 3.63) is 52.0 Å². The molecule has 6 nitrogen and oxygen atoms in total. The topological polar surface area (TPSA) is 77.4 Å². The zero-order valence-electron chi connectivity index (χ0n) is 16.3. The van der Waals surface area contributed by atoms with Gasteiger partial charge in [-0.1, -0.05) is 23.7 Å². The third-order valence-electron chi connectivity index (χ3n) is 5.24. The Labute approximate surface area is 174 Å². The van der Waals surface area contributed by atoms with E-state index in [0.29, 0.717) is 42.4 Å². The number of aliphatic hydroxyl groups is 2. The van der Waals surface area contributed by atoms with Crippen molar-refractivity contribution in [2.24, 2.45) is 0 Å². The van der Waals surface area contributed by atoms with Crippen molar-refractivity contribution in [2.75, 3.05) is 20.0 Å². The summed E-state index contributed by atoms with van der Waals surface area (Å²) in [6.45, 7) is 2.53. The number of aliphatic hydroxyl groups excluding tert-OH is 2. The van der Waals surface area contributed by atoms with Crippen LogP contribution < -0.4 is 14.2 Å². The molecule has 1 saturated heterocycles. The zero-order chi connectivity index (χ0) is 20.4. The summed E-state index contributed by atoms with van der Waals surface area (Å²) in [5.74, 6) is 1.89. The van der Waals surface area contributed by atoms with Gasteiger partial charge in [0.1, 0.15) is 5.75 Å². The number of benzene rings is 2. The summed E-state index contributed by atoms with van der Waals surface area (Å²) < 4.78 is 22.8. The number of fused-ring (bicyclic) bond motifs is 1. The second-order valence-electron chi connectivity index (χ2n) is 7.31. The van der Waals surface area contributed by atoms with Crippen LogP contribution in [-0.4, -0.2) is 42.4 Å². The smallest absolute Gasteiger partial charge is 0.231 e. The Bertz CT molecular complexity index is 853. The lowest BCUT2D eigenvalue weighted by Gasteiger charge is -2.33. The second-order valence-corrected chi connectivity index (χ2v) is 7.69. The molecule has 0 aromatic heterocycles. The van der Waals surface area contributed by atoms with E-state index in [1.54, 1.807) is 0 Å². The predicted molar refractivity (Wildman–Crippen MR) is 108 cm³/mol. The van der Waals surface area contributed by atoms with Crippen LogP contribution in [0.1, 0.15) is 42.6 Å². The maximum atomic E-state index is 10.2. The molecule has 0 amide bonds. The molecule has 2 N–H and O–H groups in total. The molecule has 2 aliphatic heterocycles. The molecule has 29 heavy (non-hydrogen) atoms. The van der Waals surface area contributed by atoms with E-state index >= 15 is 0 Å². The number of ether oxygens (including phenoxy) is 4. The van der Waals surface area contributed by atoms with Crippen LogP contribution in [0.25, 0.3) is 0 Å². The van der Waals surface area contributed by atoms with Gasteiger partial charge in [-0.3, -0.25) is 0 Å². The molecule has 0 radical (unpaired) electrons. The molecule has 1 fully saturated rings. The maximum absolute atomic E-state index is 10.2. The summed E-state index contributed by atoms with van der Waals surface area (Å²) in [5.41, 5.74) is 2.76. The molecule has 2 aromatic carbocycles. The van der Waals surface area contributed by atoms with Gasteiger partial charge < -0.3 is 29.2 Å². The van der Waals surface area contributed by atoms with E-state index in [0.717, 1.165) is 22.4 Å². The highest BCUT2D eigenvalue weighted by Crippen LogP contribution is 2.48. The van der Waals surface area contributed by atoms with Crippen molar-refractivity contribution in [2.45, 2.75) is 44.5 Å². The Kier molecular flexibility index (Phi) is 6.15. The Morgan fingerprint density at radius 1 is 1.14 bits per heavy atom. The predicted octanol–water partition coefficient (Wildman–Crippen LogP) is 3.63. The lowest BCUT2D eigenvalue weighted by atomic mass is 9.93. The number of rotatable bonds is 6. The Morgan fingerprint density at radius 2 is 1.90 bits per heavy atom. The van der Waals surface area contributed by atoms with Crippen LogP contribution in [0, 0.1) is 0 Å². The summed E-state index contributed by atoms with van der Waals surface area (Å²) in [5, 5.41) is 20.2. The highest BCUT2D eigenvalue weighted by Gasteiger charge is 2.34. The number of hydrogen-bond acceptors (Lipinski definition) is 6. The number of halogens is 1. The van der Waals surface area contributed by atoms with E-state index in [1.165, 1.54) is 0 Å². The van der Waals surface area contributed by atoms with E-state index < -0.39 is 18.3 Å². The molecule has 2 heterocycles. The SMILES string of the molecule is CCOc1ccc(Cc2cc(C3CC(O)CC(CO)O3)c3c(c2Cl)OCO3)cc1. The van der Waals surface area contributed by atoms with Crippen molar-refractivity contribution < 1.29 is 29.2 Å². The van der Waals surface area contributed by atoms with E-state index in [4.69, 9.17) is 30.5 Å². The third kappa shape index (κ3) is 4.31. The van der Waals surface area contributed by atoms with Gasteiger partial charge in [0, 0.05) is 18.4 Å². The van der Waals surface area contributed by atoms with E-state index in [-0.39, 0.29) is 13.4 Å². The minimum Gasteiger partial charge on any atom is -0.494 e. The Balaban J connectivity index is 1.65. The fourth-order valence-electron chi connectivity index (χ4n) is 3.88. The molecule has 3 unspecified atom stereocenters. The van der Waals surface area contributed by atoms with Crippen LogP contribution in [-0.2, 0) is 11.2 Å². The normalized spacial score (nSPS) is 23.2. The lowest BCUT2D eigenvalue weighted by Crippen LogP contribution is -2.33. The van der Waals surface area contributed by atoms with Gasteiger partial charge in [-0.05, 0) is 42.7 Å². The van der Waals surface area contributed by atoms with E-state index in [2.05, 4.69) is 0 Å². The first-order chi connectivity index (χ1) is 14.1. The van der Waals surface area contributed by atoms with Gasteiger partial charge in [-0.2, -0.15) is 0 Å². The van der Waals surface area contributed by atoms with Crippen LogP contribution >= 0.6 is 11.6 Å². The van der Waals surface area contributed by atoms with Gasteiger partial charge in [0.2, 0.25) is 6.79 Å². The van der Waals surface area contributed by atoms with Crippen LogP contribution in [0.15, 0.2) is 30.3 Å². The highest BCUT2D eigenvalue weighted by molar-refractivity contribution is 6.33. The van der Waals surface area contributed by atoms with Gasteiger partial charge in [-0.15, -0.1) is 0 Å². The molecule has 2 aromatic rings. The van der Waals surface area contributed by atoms with Crippen LogP contribution in [0.5, 0.6) is 17.2 Å². The average molecular weight is 421 g/mol. The van der Waals surface area contributed by atoms with Crippen molar-refractivity contribution in [3.63, 3.8) is 0 Å². The van der Waals surface area contributed by atoms with Crippen molar-refractivity contribution >= 4 is 11.6 Å². The van der Waals surface area contributed by atoms with Crippen LogP contribution in [0.2, 0.25) is 5.02 Å². The molecule has 2 aliphatic rings. The van der Waals surface area contributed by atoms with Gasteiger partial charge in [-0.25, -0.2) is 0 Å². The highest BCUT2D eigenvalue weighted by atomic mass is 35.5.